The molecule has 1 N–H and O–H groups in total. The van der Waals surface area contributed by atoms with Crippen molar-refractivity contribution in [3.05, 3.63) is 29.3 Å². The number of nitrogens with one attached hydrogen (secondary N) is 1. The first-order chi connectivity index (χ1) is 12.6. The number of fused-ring (bicyclic) bond motifs is 1. The van der Waals surface area contributed by atoms with Crippen LogP contribution in [0.3, 0.4) is 0 Å². The summed E-state index contributed by atoms with van der Waals surface area (Å²) in [6, 6.07) is 10.6. The van der Waals surface area contributed by atoms with Gasteiger partial charge >= 0.3 is 0 Å². The predicted molar refractivity (Wildman–Crippen MR) is 103 cm³/mol. The minimum absolute atomic E-state index is 0.0283. The lowest BCUT2D eigenvalue weighted by molar-refractivity contribution is -0.123. The number of carbonyl (C=O) groups excluding carboxylic acids is 1. The molecule has 1 saturated heterocycles. The number of thiazole rings is 1. The molecule has 1 amide bonds. The molecule has 1 atom stereocenters. The highest BCUT2D eigenvalue weighted by molar-refractivity contribution is 7.18. The molecular formula is C20H24N4OS. The highest BCUT2D eigenvalue weighted by atomic mass is 32.1. The van der Waals surface area contributed by atoms with Gasteiger partial charge in [0.05, 0.1) is 27.8 Å². The van der Waals surface area contributed by atoms with Crippen molar-refractivity contribution in [1.29, 1.82) is 5.26 Å². The van der Waals surface area contributed by atoms with E-state index >= 15 is 0 Å². The molecule has 1 aliphatic carbocycles. The van der Waals surface area contributed by atoms with Gasteiger partial charge in [-0.25, -0.2) is 4.98 Å². The number of carbonyl (C=O) groups is 1. The van der Waals surface area contributed by atoms with Gasteiger partial charge < -0.3 is 5.32 Å². The minimum Gasteiger partial charge on any atom is -0.337 e. The first kappa shape index (κ1) is 17.4. The molecule has 26 heavy (non-hydrogen) atoms. The first-order valence-electron chi connectivity index (χ1n) is 9.37. The van der Waals surface area contributed by atoms with Crippen LogP contribution in [0.2, 0.25) is 0 Å². The van der Waals surface area contributed by atoms with Crippen molar-refractivity contribution in [2.24, 2.45) is 5.92 Å². The van der Waals surface area contributed by atoms with Crippen molar-refractivity contribution in [3.63, 3.8) is 0 Å². The maximum absolute atomic E-state index is 12.4. The number of hydrogen-bond donors (Lipinski definition) is 1. The molecule has 0 radical (unpaired) electrons. The second-order valence-electron chi connectivity index (χ2n) is 7.71. The molecule has 4 rings (SSSR count). The summed E-state index contributed by atoms with van der Waals surface area (Å²) in [5, 5.41) is 13.6. The van der Waals surface area contributed by atoms with E-state index in [0.717, 1.165) is 44.3 Å². The lowest BCUT2D eigenvalue weighted by atomic mass is 9.96. The van der Waals surface area contributed by atoms with Crippen LogP contribution in [0.5, 0.6) is 0 Å². The molecule has 6 heteroatoms. The fraction of sp³-hybridized carbons (Fsp3) is 0.550. The summed E-state index contributed by atoms with van der Waals surface area (Å²) in [6.07, 6.45) is 4.15. The molecule has 0 bridgehead atoms. The summed E-state index contributed by atoms with van der Waals surface area (Å²) in [6.45, 7) is 4.04. The third kappa shape index (κ3) is 3.60. The molecule has 2 aromatic rings. The lowest BCUT2D eigenvalue weighted by Gasteiger charge is -2.31. The number of hydrogen-bond acceptors (Lipinski definition) is 5. The highest BCUT2D eigenvalue weighted by Crippen LogP contribution is 2.39. The Morgan fingerprint density at radius 1 is 1.35 bits per heavy atom. The van der Waals surface area contributed by atoms with Gasteiger partial charge in [-0.3, -0.25) is 9.69 Å². The molecule has 0 unspecified atom stereocenters. The van der Waals surface area contributed by atoms with Crippen LogP contribution in [0.15, 0.2) is 24.3 Å². The largest absolute Gasteiger partial charge is 0.337 e. The Morgan fingerprint density at radius 3 is 2.73 bits per heavy atom. The molecule has 1 saturated carbocycles. The van der Waals surface area contributed by atoms with E-state index in [1.807, 2.05) is 13.0 Å². The summed E-state index contributed by atoms with van der Waals surface area (Å²) in [4.78, 5) is 19.4. The molecule has 136 valence electrons. The zero-order valence-corrected chi connectivity index (χ0v) is 15.9. The van der Waals surface area contributed by atoms with Crippen LogP contribution in [0.1, 0.15) is 43.5 Å². The molecular weight excluding hydrogens is 344 g/mol. The van der Waals surface area contributed by atoms with Gasteiger partial charge in [0, 0.05) is 5.92 Å². The number of rotatable bonds is 5. The van der Waals surface area contributed by atoms with Gasteiger partial charge in [-0.05, 0) is 63.7 Å². The van der Waals surface area contributed by atoms with E-state index < -0.39 is 5.54 Å². The molecule has 0 spiro atoms. The average Bonchev–Trinajstić information content (AvgIpc) is 3.42. The fourth-order valence-electron chi connectivity index (χ4n) is 3.82. The Labute approximate surface area is 158 Å². The molecule has 1 aromatic heterocycles. The highest BCUT2D eigenvalue weighted by Gasteiger charge is 2.43. The third-order valence-electron chi connectivity index (χ3n) is 5.64. The average molecular weight is 369 g/mol. The Bertz CT molecular complexity index is 812. The van der Waals surface area contributed by atoms with Gasteiger partial charge in [0.1, 0.15) is 5.54 Å². The third-order valence-corrected chi connectivity index (χ3v) is 6.84. The topological polar surface area (TPSA) is 69.0 Å². The number of likely N-dealkylation sites (tertiary alicyclic amines) is 1. The summed E-state index contributed by atoms with van der Waals surface area (Å²) < 4.78 is 1.25. The predicted octanol–water partition coefficient (Wildman–Crippen LogP) is 3.28. The zero-order valence-electron chi connectivity index (χ0n) is 15.1. The summed E-state index contributed by atoms with van der Waals surface area (Å²) >= 11 is 1.79. The molecule has 2 fully saturated rings. The van der Waals surface area contributed by atoms with Crippen LogP contribution in [-0.2, 0) is 4.79 Å². The summed E-state index contributed by atoms with van der Waals surface area (Å²) in [5.41, 5.74) is 0.390. The number of nitrogens with zero attached hydrogens (tertiary/aromatic N) is 3. The molecule has 5 nitrogen and oxygen atoms in total. The van der Waals surface area contributed by atoms with E-state index in [1.165, 1.54) is 9.71 Å². The van der Waals surface area contributed by atoms with Crippen molar-refractivity contribution >= 4 is 27.5 Å². The van der Waals surface area contributed by atoms with Gasteiger partial charge in [0.15, 0.2) is 0 Å². The summed E-state index contributed by atoms with van der Waals surface area (Å²) in [7, 11) is 0. The Hall–Kier alpha value is -1.97. The normalized spacial score (nSPS) is 21.2. The van der Waals surface area contributed by atoms with Crippen LogP contribution >= 0.6 is 11.3 Å². The van der Waals surface area contributed by atoms with Crippen LogP contribution < -0.4 is 5.32 Å². The van der Waals surface area contributed by atoms with Crippen molar-refractivity contribution in [2.45, 2.75) is 44.1 Å². The zero-order chi connectivity index (χ0) is 18.1. The minimum atomic E-state index is -0.698. The Balaban J connectivity index is 1.31. The number of amides is 1. The van der Waals surface area contributed by atoms with Gasteiger partial charge in [0.2, 0.25) is 5.91 Å². The SMILES string of the molecule is C[C@](C#N)(NC(=O)CN1CCC(c2nc3ccccc3s2)CC1)C1CC1. The number of piperidine rings is 1. The van der Waals surface area contributed by atoms with E-state index in [9.17, 15) is 10.1 Å². The van der Waals surface area contributed by atoms with E-state index in [0.29, 0.717) is 18.4 Å². The first-order valence-corrected chi connectivity index (χ1v) is 10.2. The van der Waals surface area contributed by atoms with Gasteiger partial charge in [-0.15, -0.1) is 11.3 Å². The smallest absolute Gasteiger partial charge is 0.235 e. The van der Waals surface area contributed by atoms with Crippen molar-refractivity contribution in [3.8, 4) is 6.07 Å². The molecule has 2 heterocycles. The van der Waals surface area contributed by atoms with Crippen molar-refractivity contribution in [1.82, 2.24) is 15.2 Å². The second kappa shape index (κ2) is 6.98. The van der Waals surface area contributed by atoms with Crippen LogP contribution in [0.25, 0.3) is 10.2 Å². The Kier molecular flexibility index (Phi) is 4.68. The molecule has 2 aliphatic rings. The maximum Gasteiger partial charge on any atom is 0.235 e. The Morgan fingerprint density at radius 2 is 2.08 bits per heavy atom. The lowest BCUT2D eigenvalue weighted by Crippen LogP contribution is -2.51. The number of aromatic nitrogens is 1. The van der Waals surface area contributed by atoms with Gasteiger partial charge in [-0.2, -0.15) is 5.26 Å². The van der Waals surface area contributed by atoms with Gasteiger partial charge in [0.25, 0.3) is 0 Å². The van der Waals surface area contributed by atoms with Crippen LogP contribution in [0.4, 0.5) is 0 Å². The van der Waals surface area contributed by atoms with E-state index in [2.05, 4.69) is 34.5 Å². The second-order valence-corrected chi connectivity index (χ2v) is 8.77. The monoisotopic (exact) mass is 368 g/mol. The summed E-state index contributed by atoms with van der Waals surface area (Å²) in [5.74, 6) is 0.781. The molecule has 1 aromatic carbocycles. The quantitative estimate of drug-likeness (QED) is 0.879. The number of nitriles is 1. The van der Waals surface area contributed by atoms with E-state index in [4.69, 9.17) is 4.98 Å². The van der Waals surface area contributed by atoms with Crippen molar-refractivity contribution in [2.75, 3.05) is 19.6 Å². The fourth-order valence-corrected chi connectivity index (χ4v) is 4.95. The number of para-hydroxylation sites is 1. The molecule has 1 aliphatic heterocycles. The van der Waals surface area contributed by atoms with Crippen LogP contribution in [0, 0.1) is 17.2 Å². The van der Waals surface area contributed by atoms with Crippen LogP contribution in [-0.4, -0.2) is 41.0 Å². The van der Waals surface area contributed by atoms with E-state index in [1.54, 1.807) is 11.3 Å². The van der Waals surface area contributed by atoms with Crippen molar-refractivity contribution < 1.29 is 4.79 Å². The van der Waals surface area contributed by atoms with Gasteiger partial charge in [-0.1, -0.05) is 12.1 Å². The maximum atomic E-state index is 12.4. The standard InChI is InChI=1S/C20H24N4OS/c1-20(13-21,15-6-7-15)23-18(25)12-24-10-8-14(9-11-24)19-22-16-4-2-3-5-17(16)26-19/h2-5,14-15H,6-12H2,1H3,(H,23,25)/t20-/m1/s1. The van der Waals surface area contributed by atoms with E-state index in [-0.39, 0.29) is 5.91 Å². The number of benzene rings is 1.